The number of carbonyl (C=O) groups excluding carboxylic acids is 1. The van der Waals surface area contributed by atoms with Gasteiger partial charge in [-0.15, -0.1) is 0 Å². The van der Waals surface area contributed by atoms with Crippen LogP contribution in [0.25, 0.3) is 0 Å². The first kappa shape index (κ1) is 19.3. The average molecular weight is 391 g/mol. The summed E-state index contributed by atoms with van der Waals surface area (Å²) in [5.41, 5.74) is -0.0218. The Hall–Kier alpha value is -2.49. The highest BCUT2D eigenvalue weighted by molar-refractivity contribution is 7.89. The Kier molecular flexibility index (Phi) is 5.73. The number of aromatic nitrogens is 1. The molecule has 0 saturated carbocycles. The predicted octanol–water partition coefficient (Wildman–Crippen LogP) is 0.532. The fourth-order valence-corrected chi connectivity index (χ4v) is 4.31. The maximum Gasteiger partial charge on any atom is 0.271 e. The molecule has 1 aliphatic rings. The van der Waals surface area contributed by atoms with Crippen molar-refractivity contribution in [1.29, 1.82) is 0 Å². The lowest BCUT2D eigenvalue weighted by atomic mass is 10.3. The van der Waals surface area contributed by atoms with E-state index in [1.165, 1.54) is 27.5 Å². The second-order valence-corrected chi connectivity index (χ2v) is 8.02. The summed E-state index contributed by atoms with van der Waals surface area (Å²) in [6, 6.07) is 11.7. The number of carbonyl (C=O) groups is 1. The molecule has 0 spiro atoms. The molecule has 0 bridgehead atoms. The Morgan fingerprint density at radius 1 is 1.11 bits per heavy atom. The summed E-state index contributed by atoms with van der Waals surface area (Å²) >= 11 is 0. The van der Waals surface area contributed by atoms with Gasteiger partial charge in [-0.2, -0.15) is 4.31 Å². The van der Waals surface area contributed by atoms with Crippen LogP contribution in [0.4, 0.5) is 5.69 Å². The number of rotatable bonds is 5. The van der Waals surface area contributed by atoms with Gasteiger partial charge >= 0.3 is 0 Å². The average Bonchev–Trinajstić information content (AvgIpc) is 2.70. The monoisotopic (exact) mass is 391 g/mol. The van der Waals surface area contributed by atoms with Crippen molar-refractivity contribution in [3.63, 3.8) is 0 Å². The number of likely N-dealkylation sites (N-methyl/N-ethyl adjacent to an activating group) is 1. The lowest BCUT2D eigenvalue weighted by molar-refractivity contribution is -0.118. The molecule has 1 aromatic carbocycles. The van der Waals surface area contributed by atoms with Crippen molar-refractivity contribution in [2.24, 2.45) is 0 Å². The van der Waals surface area contributed by atoms with E-state index < -0.39 is 15.6 Å². The van der Waals surface area contributed by atoms with E-state index in [0.717, 1.165) is 4.57 Å². The predicted molar refractivity (Wildman–Crippen MR) is 100 cm³/mol. The zero-order chi connectivity index (χ0) is 19.4. The van der Waals surface area contributed by atoms with Crippen LogP contribution in [-0.4, -0.2) is 56.5 Å². The van der Waals surface area contributed by atoms with Crippen LogP contribution in [0.15, 0.2) is 58.4 Å². The molecule has 0 atom stereocenters. The molecule has 1 aliphatic heterocycles. The van der Waals surface area contributed by atoms with Crippen LogP contribution < -0.4 is 10.5 Å². The Bertz CT molecular complexity index is 966. The van der Waals surface area contributed by atoms with Crippen LogP contribution in [0.5, 0.6) is 0 Å². The molecule has 1 aromatic heterocycles. The number of hydrogen-bond acceptors (Lipinski definition) is 5. The van der Waals surface area contributed by atoms with E-state index in [9.17, 15) is 18.0 Å². The fraction of sp³-hybridized carbons (Fsp3) is 0.333. The molecule has 144 valence electrons. The Morgan fingerprint density at radius 2 is 1.78 bits per heavy atom. The van der Waals surface area contributed by atoms with Crippen molar-refractivity contribution in [3.8, 4) is 0 Å². The highest BCUT2D eigenvalue weighted by Crippen LogP contribution is 2.14. The van der Waals surface area contributed by atoms with Crippen LogP contribution >= 0.6 is 0 Å². The third-order valence-electron chi connectivity index (χ3n) is 4.40. The van der Waals surface area contributed by atoms with Gasteiger partial charge in [-0.1, -0.05) is 18.2 Å². The van der Waals surface area contributed by atoms with Gasteiger partial charge < -0.3 is 14.2 Å². The van der Waals surface area contributed by atoms with Crippen LogP contribution in [0, 0.1) is 0 Å². The number of sulfonamides is 1. The van der Waals surface area contributed by atoms with Crippen molar-refractivity contribution in [3.05, 3.63) is 59.0 Å². The molecule has 0 radical (unpaired) electrons. The molecule has 0 N–H and O–H groups in total. The summed E-state index contributed by atoms with van der Waals surface area (Å²) in [4.78, 5) is 26.3. The molecule has 1 saturated heterocycles. The summed E-state index contributed by atoms with van der Waals surface area (Å²) in [7, 11) is -2.32. The second-order valence-electron chi connectivity index (χ2n) is 6.11. The SMILES string of the molecule is CN(C(=O)Cn1cccc(S(=O)(=O)N2CCOCC2)c1=O)c1ccccc1. The maximum atomic E-state index is 12.8. The Labute approximate surface area is 157 Å². The molecular weight excluding hydrogens is 370 g/mol. The lowest BCUT2D eigenvalue weighted by Gasteiger charge is -2.26. The minimum absolute atomic E-state index is 0.201. The molecule has 2 aromatic rings. The molecule has 0 aliphatic carbocycles. The molecule has 1 fully saturated rings. The number of pyridine rings is 1. The second kappa shape index (κ2) is 8.03. The molecular formula is C18H21N3O5S. The summed E-state index contributed by atoms with van der Waals surface area (Å²) in [5.74, 6) is -0.329. The molecule has 27 heavy (non-hydrogen) atoms. The summed E-state index contributed by atoms with van der Waals surface area (Å²) < 4.78 is 33.0. The number of para-hydroxylation sites is 1. The topological polar surface area (TPSA) is 88.9 Å². The van der Waals surface area contributed by atoms with Crippen molar-refractivity contribution < 1.29 is 17.9 Å². The molecule has 1 amide bonds. The van der Waals surface area contributed by atoms with Crippen molar-refractivity contribution >= 4 is 21.6 Å². The smallest absolute Gasteiger partial charge is 0.271 e. The minimum atomic E-state index is -3.93. The zero-order valence-electron chi connectivity index (χ0n) is 14.9. The van der Waals surface area contributed by atoms with E-state index >= 15 is 0 Å². The highest BCUT2D eigenvalue weighted by atomic mass is 32.2. The summed E-state index contributed by atoms with van der Waals surface area (Å²) in [5, 5.41) is 0. The van der Waals surface area contributed by atoms with Gasteiger partial charge in [0.1, 0.15) is 11.4 Å². The number of amides is 1. The standard InChI is InChI=1S/C18H21N3O5S/c1-19(15-6-3-2-4-7-15)17(22)14-20-9-5-8-16(18(20)23)27(24,25)21-10-12-26-13-11-21/h2-9H,10-14H2,1H3. The van der Waals surface area contributed by atoms with Gasteiger partial charge in [0.25, 0.3) is 5.56 Å². The van der Waals surface area contributed by atoms with Crippen LogP contribution in [-0.2, 0) is 26.1 Å². The quantitative estimate of drug-likeness (QED) is 0.742. The zero-order valence-corrected chi connectivity index (χ0v) is 15.8. The number of hydrogen-bond donors (Lipinski definition) is 0. The van der Waals surface area contributed by atoms with E-state index in [1.807, 2.05) is 6.07 Å². The van der Waals surface area contributed by atoms with Gasteiger partial charge in [0.2, 0.25) is 15.9 Å². The first-order valence-electron chi connectivity index (χ1n) is 8.50. The number of morpholine rings is 1. The fourth-order valence-electron chi connectivity index (χ4n) is 2.81. The summed E-state index contributed by atoms with van der Waals surface area (Å²) in [6.45, 7) is 0.733. The van der Waals surface area contributed by atoms with Crippen molar-refractivity contribution in [2.45, 2.75) is 11.4 Å². The van der Waals surface area contributed by atoms with Crippen molar-refractivity contribution in [2.75, 3.05) is 38.3 Å². The lowest BCUT2D eigenvalue weighted by Crippen LogP contribution is -2.43. The molecule has 3 rings (SSSR count). The third-order valence-corrected chi connectivity index (χ3v) is 6.31. The number of benzene rings is 1. The summed E-state index contributed by atoms with van der Waals surface area (Å²) in [6.07, 6.45) is 1.41. The van der Waals surface area contributed by atoms with E-state index in [1.54, 1.807) is 31.3 Å². The maximum absolute atomic E-state index is 12.8. The van der Waals surface area contributed by atoms with Gasteiger partial charge in [-0.05, 0) is 24.3 Å². The molecule has 0 unspecified atom stereocenters. The number of ether oxygens (including phenoxy) is 1. The third kappa shape index (κ3) is 4.10. The number of nitrogens with zero attached hydrogens (tertiary/aromatic N) is 3. The molecule has 8 nitrogen and oxygen atoms in total. The Balaban J connectivity index is 1.85. The minimum Gasteiger partial charge on any atom is -0.379 e. The van der Waals surface area contributed by atoms with Gasteiger partial charge in [0.05, 0.1) is 13.2 Å². The largest absolute Gasteiger partial charge is 0.379 e. The van der Waals surface area contributed by atoms with E-state index in [-0.39, 0.29) is 30.4 Å². The van der Waals surface area contributed by atoms with Gasteiger partial charge in [-0.25, -0.2) is 8.42 Å². The van der Waals surface area contributed by atoms with E-state index in [0.29, 0.717) is 18.9 Å². The molecule has 9 heteroatoms. The van der Waals surface area contributed by atoms with E-state index in [2.05, 4.69) is 0 Å². The van der Waals surface area contributed by atoms with E-state index in [4.69, 9.17) is 4.74 Å². The number of anilines is 1. The van der Waals surface area contributed by atoms with Crippen LogP contribution in [0.3, 0.4) is 0 Å². The normalized spacial score (nSPS) is 15.4. The van der Waals surface area contributed by atoms with Gasteiger partial charge in [-0.3, -0.25) is 9.59 Å². The van der Waals surface area contributed by atoms with Crippen molar-refractivity contribution in [1.82, 2.24) is 8.87 Å². The van der Waals surface area contributed by atoms with Gasteiger partial charge in [0.15, 0.2) is 0 Å². The Morgan fingerprint density at radius 3 is 2.44 bits per heavy atom. The first-order valence-corrected chi connectivity index (χ1v) is 9.94. The van der Waals surface area contributed by atoms with Crippen LogP contribution in [0.1, 0.15) is 0 Å². The molecule has 2 heterocycles. The first-order chi connectivity index (χ1) is 12.9. The van der Waals surface area contributed by atoms with Crippen LogP contribution in [0.2, 0.25) is 0 Å². The highest BCUT2D eigenvalue weighted by Gasteiger charge is 2.29. The van der Waals surface area contributed by atoms with Gasteiger partial charge in [0, 0.05) is 32.0 Å².